The van der Waals surface area contributed by atoms with Gasteiger partial charge in [-0.05, 0) is 61.6 Å². The van der Waals surface area contributed by atoms with Gasteiger partial charge >= 0.3 is 0 Å². The van der Waals surface area contributed by atoms with Crippen molar-refractivity contribution in [1.29, 1.82) is 0 Å². The number of carbonyl (C=O) groups excluding carboxylic acids is 1. The van der Waals surface area contributed by atoms with Crippen molar-refractivity contribution >= 4 is 42.6 Å². The van der Waals surface area contributed by atoms with Gasteiger partial charge in [-0.2, -0.15) is 0 Å². The van der Waals surface area contributed by atoms with E-state index in [2.05, 4.69) is 13.0 Å². The first-order valence-corrected chi connectivity index (χ1v) is 14.5. The standard InChI is InChI=1S/C26H33N3O4S2/c1-4-6-16-28(3)35(31,32)22-14-12-20(13-15-22)25(30)29(18-21-10-8-17-33-21)26-27-24-19(5-2)9-7-11-23(24)34-26/h7,9,11-15,21H,4-6,8,10,16-18H2,1-3H3. The number of fused-ring (bicyclic) bond motifs is 1. The summed E-state index contributed by atoms with van der Waals surface area (Å²) in [5, 5.41) is 0.636. The number of sulfonamides is 1. The molecule has 0 radical (unpaired) electrons. The highest BCUT2D eigenvalue weighted by molar-refractivity contribution is 7.89. The monoisotopic (exact) mass is 515 g/mol. The molecule has 35 heavy (non-hydrogen) atoms. The molecule has 1 unspecified atom stereocenters. The van der Waals surface area contributed by atoms with Crippen LogP contribution in [0.2, 0.25) is 0 Å². The van der Waals surface area contributed by atoms with E-state index in [0.29, 0.717) is 30.4 Å². The number of nitrogens with zero attached hydrogens (tertiary/aromatic N) is 3. The molecule has 1 fully saturated rings. The van der Waals surface area contributed by atoms with Crippen LogP contribution in [0.5, 0.6) is 0 Å². The summed E-state index contributed by atoms with van der Waals surface area (Å²) in [6, 6.07) is 12.3. The normalized spacial score (nSPS) is 16.3. The summed E-state index contributed by atoms with van der Waals surface area (Å²) >= 11 is 1.50. The molecule has 1 saturated heterocycles. The molecule has 1 aliphatic heterocycles. The van der Waals surface area contributed by atoms with Gasteiger partial charge in [0.05, 0.1) is 27.8 Å². The van der Waals surface area contributed by atoms with Gasteiger partial charge in [0.25, 0.3) is 5.91 Å². The molecular formula is C26H33N3O4S2. The van der Waals surface area contributed by atoms with Crippen LogP contribution in [0.4, 0.5) is 5.13 Å². The number of unbranched alkanes of at least 4 members (excludes halogenated alkanes) is 1. The second-order valence-corrected chi connectivity index (χ2v) is 11.9. The van der Waals surface area contributed by atoms with Gasteiger partial charge in [-0.3, -0.25) is 9.69 Å². The molecule has 0 aliphatic carbocycles. The number of thiazole rings is 1. The van der Waals surface area contributed by atoms with Crippen molar-refractivity contribution in [2.45, 2.75) is 57.0 Å². The highest BCUT2D eigenvalue weighted by Crippen LogP contribution is 2.33. The van der Waals surface area contributed by atoms with Crippen molar-refractivity contribution in [1.82, 2.24) is 9.29 Å². The van der Waals surface area contributed by atoms with Crippen molar-refractivity contribution in [3.8, 4) is 0 Å². The third kappa shape index (κ3) is 5.58. The van der Waals surface area contributed by atoms with Crippen LogP contribution in [0, 0.1) is 0 Å². The van der Waals surface area contributed by atoms with Crippen LogP contribution in [-0.2, 0) is 21.2 Å². The summed E-state index contributed by atoms with van der Waals surface area (Å²) in [7, 11) is -2.00. The Morgan fingerprint density at radius 2 is 1.94 bits per heavy atom. The molecule has 0 saturated carbocycles. The molecule has 7 nitrogen and oxygen atoms in total. The fourth-order valence-electron chi connectivity index (χ4n) is 4.24. The second-order valence-electron chi connectivity index (χ2n) is 8.87. The maximum atomic E-state index is 13.7. The quantitative estimate of drug-likeness (QED) is 0.375. The van der Waals surface area contributed by atoms with Gasteiger partial charge in [-0.1, -0.05) is 43.7 Å². The van der Waals surface area contributed by atoms with E-state index in [1.165, 1.54) is 27.8 Å². The third-order valence-electron chi connectivity index (χ3n) is 6.39. The number of amides is 1. The van der Waals surface area contributed by atoms with E-state index >= 15 is 0 Å². The molecule has 188 valence electrons. The number of anilines is 1. The number of ether oxygens (including phenoxy) is 1. The van der Waals surface area contributed by atoms with Crippen LogP contribution >= 0.6 is 11.3 Å². The van der Waals surface area contributed by atoms with Crippen LogP contribution in [0.15, 0.2) is 47.4 Å². The summed E-state index contributed by atoms with van der Waals surface area (Å²) < 4.78 is 34.0. The molecule has 1 aromatic heterocycles. The summed E-state index contributed by atoms with van der Waals surface area (Å²) in [5.41, 5.74) is 2.50. The molecule has 2 heterocycles. The first-order chi connectivity index (χ1) is 16.8. The van der Waals surface area contributed by atoms with Gasteiger partial charge in [-0.15, -0.1) is 0 Å². The van der Waals surface area contributed by atoms with Crippen LogP contribution in [-0.4, -0.2) is 56.5 Å². The Morgan fingerprint density at radius 3 is 2.60 bits per heavy atom. The molecule has 1 amide bonds. The van der Waals surface area contributed by atoms with Crippen molar-refractivity contribution in [2.24, 2.45) is 0 Å². The van der Waals surface area contributed by atoms with E-state index in [1.807, 2.05) is 19.1 Å². The Kier molecular flexibility index (Phi) is 8.21. The summed E-state index contributed by atoms with van der Waals surface area (Å²) in [6.07, 6.45) is 4.42. The zero-order valence-corrected chi connectivity index (χ0v) is 22.2. The minimum absolute atomic E-state index is 0.0384. The van der Waals surface area contributed by atoms with E-state index < -0.39 is 10.0 Å². The number of hydrogen-bond donors (Lipinski definition) is 0. The largest absolute Gasteiger partial charge is 0.376 e. The summed E-state index contributed by atoms with van der Waals surface area (Å²) in [6.45, 7) is 5.70. The molecule has 4 rings (SSSR count). The Labute approximate surface area is 211 Å². The van der Waals surface area contributed by atoms with Gasteiger partial charge in [0.1, 0.15) is 0 Å². The van der Waals surface area contributed by atoms with Crippen molar-refractivity contribution in [3.63, 3.8) is 0 Å². The summed E-state index contributed by atoms with van der Waals surface area (Å²) in [4.78, 5) is 20.4. The number of para-hydroxylation sites is 1. The number of aromatic nitrogens is 1. The Hall–Kier alpha value is -2.33. The van der Waals surface area contributed by atoms with Gasteiger partial charge in [0.15, 0.2) is 5.13 Å². The highest BCUT2D eigenvalue weighted by Gasteiger charge is 2.28. The lowest BCUT2D eigenvalue weighted by molar-refractivity contribution is 0.0917. The maximum Gasteiger partial charge on any atom is 0.260 e. The molecule has 9 heteroatoms. The number of hydrogen-bond acceptors (Lipinski definition) is 6. The van der Waals surface area contributed by atoms with Crippen LogP contribution < -0.4 is 4.90 Å². The third-order valence-corrected chi connectivity index (χ3v) is 9.31. The summed E-state index contributed by atoms with van der Waals surface area (Å²) in [5.74, 6) is -0.208. The van der Waals surface area contributed by atoms with E-state index in [9.17, 15) is 13.2 Å². The minimum atomic E-state index is -3.59. The number of carbonyl (C=O) groups is 1. The smallest absolute Gasteiger partial charge is 0.260 e. The maximum absolute atomic E-state index is 13.7. The van der Waals surface area contributed by atoms with Crippen LogP contribution in [0.1, 0.15) is 55.5 Å². The fourth-order valence-corrected chi connectivity index (χ4v) is 6.47. The van der Waals surface area contributed by atoms with Gasteiger partial charge in [-0.25, -0.2) is 17.7 Å². The number of benzene rings is 2. The molecule has 0 spiro atoms. The molecule has 0 bridgehead atoms. The zero-order chi connectivity index (χ0) is 25.0. The number of rotatable bonds is 10. The first kappa shape index (κ1) is 25.8. The van der Waals surface area contributed by atoms with Crippen molar-refractivity contribution in [3.05, 3.63) is 53.6 Å². The Morgan fingerprint density at radius 1 is 1.17 bits per heavy atom. The second kappa shape index (κ2) is 11.2. The lowest BCUT2D eigenvalue weighted by Crippen LogP contribution is -2.37. The SMILES string of the molecule is CCCCN(C)S(=O)(=O)c1ccc(C(=O)N(CC2CCCO2)c2nc3c(CC)cccc3s2)cc1. The van der Waals surface area contributed by atoms with E-state index in [4.69, 9.17) is 9.72 Å². The highest BCUT2D eigenvalue weighted by atomic mass is 32.2. The average molecular weight is 516 g/mol. The molecule has 0 N–H and O–H groups in total. The minimum Gasteiger partial charge on any atom is -0.376 e. The van der Waals surface area contributed by atoms with E-state index in [0.717, 1.165) is 47.9 Å². The van der Waals surface area contributed by atoms with Crippen LogP contribution in [0.3, 0.4) is 0 Å². The number of aryl methyl sites for hydroxylation is 1. The first-order valence-electron chi connectivity index (χ1n) is 12.2. The van der Waals surface area contributed by atoms with Gasteiger partial charge < -0.3 is 4.74 Å². The van der Waals surface area contributed by atoms with Gasteiger partial charge in [0.2, 0.25) is 10.0 Å². The fraction of sp³-hybridized carbons (Fsp3) is 0.462. The molecule has 2 aromatic carbocycles. The van der Waals surface area contributed by atoms with E-state index in [-0.39, 0.29) is 16.9 Å². The van der Waals surface area contributed by atoms with Crippen molar-refractivity contribution in [2.75, 3.05) is 31.6 Å². The van der Waals surface area contributed by atoms with E-state index in [1.54, 1.807) is 24.1 Å². The molecule has 1 atom stereocenters. The average Bonchev–Trinajstić information content (AvgIpc) is 3.55. The van der Waals surface area contributed by atoms with Gasteiger partial charge in [0, 0.05) is 25.8 Å². The zero-order valence-electron chi connectivity index (χ0n) is 20.6. The Bertz CT molecular complexity index is 1270. The molecular weight excluding hydrogens is 482 g/mol. The molecule has 3 aromatic rings. The lowest BCUT2D eigenvalue weighted by atomic mass is 10.1. The van der Waals surface area contributed by atoms with Crippen LogP contribution in [0.25, 0.3) is 10.2 Å². The predicted octanol–water partition coefficient (Wildman–Crippen LogP) is 5.11. The lowest BCUT2D eigenvalue weighted by Gasteiger charge is -2.23. The Balaban J connectivity index is 1.63. The predicted molar refractivity (Wildman–Crippen MR) is 141 cm³/mol. The molecule has 1 aliphatic rings. The topological polar surface area (TPSA) is 79.8 Å². The van der Waals surface area contributed by atoms with Crippen molar-refractivity contribution < 1.29 is 17.9 Å².